The van der Waals surface area contributed by atoms with E-state index in [0.29, 0.717) is 13.2 Å². The summed E-state index contributed by atoms with van der Waals surface area (Å²) in [6, 6.07) is 2.34. The molecule has 5 heteroatoms. The van der Waals surface area contributed by atoms with Gasteiger partial charge in [0.05, 0.1) is 19.6 Å². The summed E-state index contributed by atoms with van der Waals surface area (Å²) < 4.78 is 5.38. The first kappa shape index (κ1) is 12.5. The van der Waals surface area contributed by atoms with Crippen molar-refractivity contribution in [3.63, 3.8) is 0 Å². The zero-order chi connectivity index (χ0) is 12.3. The molecule has 0 bridgehead atoms. The maximum atomic E-state index is 10.8. The number of aliphatic carboxylic acids is 1. The van der Waals surface area contributed by atoms with E-state index in [0.717, 1.165) is 6.54 Å². The highest BCUT2D eigenvalue weighted by Gasteiger charge is 2.29. The van der Waals surface area contributed by atoms with Gasteiger partial charge in [0.1, 0.15) is 0 Å². The van der Waals surface area contributed by atoms with Crippen molar-refractivity contribution in [3.8, 4) is 0 Å². The lowest BCUT2D eigenvalue weighted by atomic mass is 10.1. The van der Waals surface area contributed by atoms with Crippen molar-refractivity contribution in [1.29, 1.82) is 0 Å². The van der Waals surface area contributed by atoms with Gasteiger partial charge in [0, 0.05) is 18.6 Å². The first-order valence-corrected chi connectivity index (χ1v) is 6.70. The Hall–Kier alpha value is -0.910. The Labute approximate surface area is 105 Å². The van der Waals surface area contributed by atoms with Crippen LogP contribution in [0.25, 0.3) is 0 Å². The van der Waals surface area contributed by atoms with E-state index in [9.17, 15) is 4.79 Å². The highest BCUT2D eigenvalue weighted by molar-refractivity contribution is 7.07. The molecule has 0 saturated carbocycles. The molecule has 1 saturated heterocycles. The molecule has 2 unspecified atom stereocenters. The Morgan fingerprint density at radius 2 is 2.59 bits per heavy atom. The van der Waals surface area contributed by atoms with Crippen molar-refractivity contribution in [2.24, 2.45) is 0 Å². The molecule has 1 aromatic rings. The molecule has 0 radical (unpaired) electrons. The normalized spacial score (nSPS) is 23.5. The Morgan fingerprint density at radius 3 is 3.24 bits per heavy atom. The van der Waals surface area contributed by atoms with E-state index in [4.69, 9.17) is 9.84 Å². The van der Waals surface area contributed by atoms with Gasteiger partial charge in [-0.15, -0.1) is 0 Å². The third kappa shape index (κ3) is 3.06. The second-order valence-electron chi connectivity index (χ2n) is 4.30. The Kier molecular flexibility index (Phi) is 4.15. The number of carboxylic acids is 1. The Morgan fingerprint density at radius 1 is 1.76 bits per heavy atom. The number of ether oxygens (including phenoxy) is 1. The second-order valence-corrected chi connectivity index (χ2v) is 5.08. The highest BCUT2D eigenvalue weighted by atomic mass is 32.1. The topological polar surface area (TPSA) is 49.8 Å². The molecule has 4 nitrogen and oxygen atoms in total. The fraction of sp³-hybridized carbons (Fsp3) is 0.583. The molecule has 1 aromatic heterocycles. The van der Waals surface area contributed by atoms with Gasteiger partial charge in [-0.3, -0.25) is 9.69 Å². The SMILES string of the molecule is CC(c1ccsc1)N1CCOCC1CC(=O)O. The van der Waals surface area contributed by atoms with Crippen molar-refractivity contribution < 1.29 is 14.6 Å². The van der Waals surface area contributed by atoms with Gasteiger partial charge in [-0.25, -0.2) is 0 Å². The quantitative estimate of drug-likeness (QED) is 0.894. The summed E-state index contributed by atoms with van der Waals surface area (Å²) >= 11 is 1.67. The molecule has 0 aromatic carbocycles. The molecular weight excluding hydrogens is 238 g/mol. The molecule has 1 fully saturated rings. The number of rotatable bonds is 4. The average Bonchev–Trinajstić information content (AvgIpc) is 2.81. The van der Waals surface area contributed by atoms with Gasteiger partial charge in [0.15, 0.2) is 0 Å². The number of carboxylic acid groups (broad SMARTS) is 1. The molecule has 94 valence electrons. The summed E-state index contributed by atoms with van der Waals surface area (Å²) in [5.74, 6) is -0.761. The van der Waals surface area contributed by atoms with Crippen LogP contribution >= 0.6 is 11.3 Å². The van der Waals surface area contributed by atoms with E-state index in [2.05, 4.69) is 28.7 Å². The number of carbonyl (C=O) groups is 1. The lowest BCUT2D eigenvalue weighted by Gasteiger charge is -2.38. The molecule has 0 spiro atoms. The fourth-order valence-corrected chi connectivity index (χ4v) is 3.01. The summed E-state index contributed by atoms with van der Waals surface area (Å²) in [5.41, 5.74) is 1.26. The minimum Gasteiger partial charge on any atom is -0.481 e. The van der Waals surface area contributed by atoms with Crippen molar-refractivity contribution >= 4 is 17.3 Å². The summed E-state index contributed by atoms with van der Waals surface area (Å²) in [5, 5.41) is 13.1. The number of hydrogen-bond donors (Lipinski definition) is 1. The fourth-order valence-electron chi connectivity index (χ4n) is 2.26. The van der Waals surface area contributed by atoms with E-state index in [1.54, 1.807) is 11.3 Å². The number of nitrogens with zero attached hydrogens (tertiary/aromatic N) is 1. The molecule has 1 aliphatic heterocycles. The summed E-state index contributed by atoms with van der Waals surface area (Å²) in [6.45, 7) is 4.13. The maximum Gasteiger partial charge on any atom is 0.305 e. The predicted molar refractivity (Wildman–Crippen MR) is 66.3 cm³/mol. The van der Waals surface area contributed by atoms with E-state index in [1.165, 1.54) is 5.56 Å². The van der Waals surface area contributed by atoms with E-state index in [-0.39, 0.29) is 18.5 Å². The molecule has 2 rings (SSSR count). The van der Waals surface area contributed by atoms with Crippen LogP contribution in [-0.2, 0) is 9.53 Å². The monoisotopic (exact) mass is 255 g/mol. The first-order valence-electron chi connectivity index (χ1n) is 5.76. The van der Waals surface area contributed by atoms with Crippen LogP contribution < -0.4 is 0 Å². The lowest BCUT2D eigenvalue weighted by molar-refractivity contribution is -0.140. The van der Waals surface area contributed by atoms with Crippen LogP contribution in [0.1, 0.15) is 24.9 Å². The van der Waals surface area contributed by atoms with Gasteiger partial charge in [-0.2, -0.15) is 11.3 Å². The highest BCUT2D eigenvalue weighted by Crippen LogP contribution is 2.27. The van der Waals surface area contributed by atoms with Crippen LogP contribution in [0.5, 0.6) is 0 Å². The smallest absolute Gasteiger partial charge is 0.305 e. The lowest BCUT2D eigenvalue weighted by Crippen LogP contribution is -2.47. The minimum absolute atomic E-state index is 0.0175. The average molecular weight is 255 g/mol. The zero-order valence-electron chi connectivity index (χ0n) is 9.83. The van der Waals surface area contributed by atoms with Gasteiger partial charge in [-0.05, 0) is 29.3 Å². The van der Waals surface area contributed by atoms with Gasteiger partial charge < -0.3 is 9.84 Å². The van der Waals surface area contributed by atoms with Crippen LogP contribution in [0.2, 0.25) is 0 Å². The third-order valence-electron chi connectivity index (χ3n) is 3.21. The van der Waals surface area contributed by atoms with Crippen molar-refractivity contribution in [1.82, 2.24) is 4.90 Å². The Balaban J connectivity index is 2.07. The molecule has 0 amide bonds. The summed E-state index contributed by atoms with van der Waals surface area (Å²) in [7, 11) is 0. The molecule has 2 heterocycles. The van der Waals surface area contributed by atoms with Crippen LogP contribution in [0, 0.1) is 0 Å². The first-order chi connectivity index (χ1) is 8.18. The van der Waals surface area contributed by atoms with E-state index < -0.39 is 5.97 Å². The Bertz CT molecular complexity index is 366. The molecule has 0 aliphatic carbocycles. The second kappa shape index (κ2) is 5.62. The van der Waals surface area contributed by atoms with Crippen molar-refractivity contribution in [3.05, 3.63) is 22.4 Å². The van der Waals surface area contributed by atoms with Crippen LogP contribution in [0.15, 0.2) is 16.8 Å². The van der Waals surface area contributed by atoms with E-state index >= 15 is 0 Å². The largest absolute Gasteiger partial charge is 0.481 e. The van der Waals surface area contributed by atoms with Crippen molar-refractivity contribution in [2.45, 2.75) is 25.4 Å². The molecule has 2 atom stereocenters. The standard InChI is InChI=1S/C12H17NO3S/c1-9(10-2-5-17-8-10)13-3-4-16-7-11(13)6-12(14)15/h2,5,8-9,11H,3-4,6-7H2,1H3,(H,14,15). The molecular formula is C12H17NO3S. The molecule has 1 aliphatic rings. The van der Waals surface area contributed by atoms with Gasteiger partial charge >= 0.3 is 5.97 Å². The molecule has 1 N–H and O–H groups in total. The van der Waals surface area contributed by atoms with Gasteiger partial charge in [-0.1, -0.05) is 0 Å². The summed E-state index contributed by atoms with van der Waals surface area (Å²) in [6.07, 6.45) is 0.147. The summed E-state index contributed by atoms with van der Waals surface area (Å²) in [4.78, 5) is 13.1. The van der Waals surface area contributed by atoms with Crippen LogP contribution in [0.3, 0.4) is 0 Å². The molecule has 17 heavy (non-hydrogen) atoms. The van der Waals surface area contributed by atoms with Crippen LogP contribution in [0.4, 0.5) is 0 Å². The van der Waals surface area contributed by atoms with Gasteiger partial charge in [0.25, 0.3) is 0 Å². The predicted octanol–water partition coefficient (Wildman–Crippen LogP) is 1.98. The van der Waals surface area contributed by atoms with Crippen LogP contribution in [-0.4, -0.2) is 41.8 Å². The number of hydrogen-bond acceptors (Lipinski definition) is 4. The van der Waals surface area contributed by atoms with Gasteiger partial charge in [0.2, 0.25) is 0 Å². The van der Waals surface area contributed by atoms with Crippen molar-refractivity contribution in [2.75, 3.05) is 19.8 Å². The number of morpholine rings is 1. The third-order valence-corrected chi connectivity index (χ3v) is 3.91. The van der Waals surface area contributed by atoms with E-state index in [1.807, 2.05) is 0 Å². The zero-order valence-corrected chi connectivity index (χ0v) is 10.7. The number of thiophene rings is 1. The maximum absolute atomic E-state index is 10.8. The minimum atomic E-state index is -0.761.